The maximum absolute atomic E-state index is 11.8. The number of carbonyl (C=O) groups excluding carboxylic acids is 1. The van der Waals surface area contributed by atoms with Gasteiger partial charge in [0.25, 0.3) is 0 Å². The number of thioether (sulfide) groups is 1. The summed E-state index contributed by atoms with van der Waals surface area (Å²) in [6, 6.07) is 3.13. The van der Waals surface area contributed by atoms with Crippen LogP contribution in [0.25, 0.3) is 0 Å². The van der Waals surface area contributed by atoms with Crippen LogP contribution >= 0.6 is 27.7 Å². The first-order chi connectivity index (χ1) is 8.04. The first-order valence-corrected chi connectivity index (χ1v) is 7.42. The van der Waals surface area contributed by atoms with Crippen LogP contribution in [0.15, 0.2) is 16.7 Å². The Morgan fingerprint density at radius 3 is 2.94 bits per heavy atom. The SMILES string of the molecule is CSCC[C@@H](N)C(=O)Nc1ccc(Br)nc1C. The molecule has 0 aliphatic rings. The highest BCUT2D eigenvalue weighted by molar-refractivity contribution is 9.10. The normalized spacial score (nSPS) is 12.2. The van der Waals surface area contributed by atoms with E-state index in [-0.39, 0.29) is 5.91 Å². The monoisotopic (exact) mass is 317 g/mol. The second-order valence-electron chi connectivity index (χ2n) is 3.64. The summed E-state index contributed by atoms with van der Waals surface area (Å²) in [6.45, 7) is 1.84. The van der Waals surface area contributed by atoms with E-state index in [1.54, 1.807) is 17.8 Å². The van der Waals surface area contributed by atoms with Gasteiger partial charge in [-0.3, -0.25) is 4.79 Å². The summed E-state index contributed by atoms with van der Waals surface area (Å²) in [5.41, 5.74) is 7.25. The number of rotatable bonds is 5. The molecule has 6 heteroatoms. The average Bonchev–Trinajstić information content (AvgIpc) is 2.29. The van der Waals surface area contributed by atoms with Crippen molar-refractivity contribution in [3.05, 3.63) is 22.4 Å². The fourth-order valence-electron chi connectivity index (χ4n) is 1.26. The van der Waals surface area contributed by atoms with Crippen molar-refractivity contribution in [1.29, 1.82) is 0 Å². The number of nitrogens with one attached hydrogen (secondary N) is 1. The summed E-state index contributed by atoms with van der Waals surface area (Å²) in [5, 5.41) is 2.79. The van der Waals surface area contributed by atoms with Gasteiger partial charge >= 0.3 is 0 Å². The molecule has 0 fully saturated rings. The average molecular weight is 318 g/mol. The van der Waals surface area contributed by atoms with E-state index in [4.69, 9.17) is 5.73 Å². The molecule has 0 saturated carbocycles. The van der Waals surface area contributed by atoms with Gasteiger partial charge in [0.2, 0.25) is 5.91 Å². The van der Waals surface area contributed by atoms with Crippen LogP contribution in [0.3, 0.4) is 0 Å². The summed E-state index contributed by atoms with van der Waals surface area (Å²) in [5.74, 6) is 0.720. The molecule has 4 nitrogen and oxygen atoms in total. The summed E-state index contributed by atoms with van der Waals surface area (Å²) in [7, 11) is 0. The largest absolute Gasteiger partial charge is 0.323 e. The summed E-state index contributed by atoms with van der Waals surface area (Å²) in [6.07, 6.45) is 2.67. The van der Waals surface area contributed by atoms with Crippen molar-refractivity contribution in [3.8, 4) is 0 Å². The molecule has 0 aliphatic heterocycles. The molecular formula is C11H16BrN3OS. The van der Waals surface area contributed by atoms with Crippen molar-refractivity contribution in [3.63, 3.8) is 0 Å². The number of hydrogen-bond donors (Lipinski definition) is 2. The number of hydrogen-bond acceptors (Lipinski definition) is 4. The number of aromatic nitrogens is 1. The van der Waals surface area contributed by atoms with Crippen molar-refractivity contribution in [2.45, 2.75) is 19.4 Å². The second kappa shape index (κ2) is 6.98. The Kier molecular flexibility index (Phi) is 5.94. The lowest BCUT2D eigenvalue weighted by Gasteiger charge is -2.12. The highest BCUT2D eigenvalue weighted by atomic mass is 79.9. The number of halogens is 1. The molecule has 0 unspecified atom stereocenters. The van der Waals surface area contributed by atoms with Gasteiger partial charge in [0.15, 0.2) is 0 Å². The minimum Gasteiger partial charge on any atom is -0.323 e. The Hall–Kier alpha value is -0.590. The van der Waals surface area contributed by atoms with Crippen LogP contribution in [-0.4, -0.2) is 28.9 Å². The fourth-order valence-corrected chi connectivity index (χ4v) is 2.15. The maximum Gasteiger partial charge on any atom is 0.241 e. The molecule has 0 spiro atoms. The molecule has 94 valence electrons. The molecule has 3 N–H and O–H groups in total. The minimum absolute atomic E-state index is 0.161. The first-order valence-electron chi connectivity index (χ1n) is 5.23. The smallest absolute Gasteiger partial charge is 0.241 e. The lowest BCUT2D eigenvalue weighted by molar-refractivity contribution is -0.117. The third-order valence-corrected chi connectivity index (χ3v) is 3.37. The summed E-state index contributed by atoms with van der Waals surface area (Å²) < 4.78 is 0.750. The Bertz CT molecular complexity index is 400. The third kappa shape index (κ3) is 4.65. The van der Waals surface area contributed by atoms with E-state index >= 15 is 0 Å². The number of pyridine rings is 1. The van der Waals surface area contributed by atoms with Gasteiger partial charge in [-0.25, -0.2) is 4.98 Å². The fraction of sp³-hybridized carbons (Fsp3) is 0.455. The predicted molar refractivity (Wildman–Crippen MR) is 76.3 cm³/mol. The van der Waals surface area contributed by atoms with Crippen LogP contribution < -0.4 is 11.1 Å². The van der Waals surface area contributed by atoms with Crippen molar-refractivity contribution < 1.29 is 4.79 Å². The Labute approximate surface area is 114 Å². The summed E-state index contributed by atoms with van der Waals surface area (Å²) >= 11 is 4.95. The Balaban J connectivity index is 2.61. The van der Waals surface area contributed by atoms with Gasteiger partial charge in [-0.1, -0.05) is 0 Å². The van der Waals surface area contributed by atoms with Gasteiger partial charge < -0.3 is 11.1 Å². The Morgan fingerprint density at radius 2 is 2.35 bits per heavy atom. The Morgan fingerprint density at radius 1 is 1.65 bits per heavy atom. The molecule has 1 rings (SSSR count). The van der Waals surface area contributed by atoms with Gasteiger partial charge in [0.05, 0.1) is 17.4 Å². The minimum atomic E-state index is -0.467. The highest BCUT2D eigenvalue weighted by Gasteiger charge is 2.14. The number of nitrogens with zero attached hydrogens (tertiary/aromatic N) is 1. The van der Waals surface area contributed by atoms with E-state index in [0.717, 1.165) is 16.0 Å². The van der Waals surface area contributed by atoms with Gasteiger partial charge in [-0.15, -0.1) is 0 Å². The lowest BCUT2D eigenvalue weighted by atomic mass is 10.2. The number of carbonyl (C=O) groups is 1. The number of aryl methyl sites for hydroxylation is 1. The van der Waals surface area contributed by atoms with Crippen LogP contribution in [0.2, 0.25) is 0 Å². The molecule has 1 amide bonds. The van der Waals surface area contributed by atoms with Crippen molar-refractivity contribution >= 4 is 39.3 Å². The molecular weight excluding hydrogens is 302 g/mol. The van der Waals surface area contributed by atoms with E-state index < -0.39 is 6.04 Å². The van der Waals surface area contributed by atoms with Crippen LogP contribution in [0.4, 0.5) is 5.69 Å². The number of anilines is 1. The van der Waals surface area contributed by atoms with E-state index in [0.29, 0.717) is 12.1 Å². The predicted octanol–water partition coefficient (Wildman–Crippen LogP) is 2.17. The maximum atomic E-state index is 11.8. The topological polar surface area (TPSA) is 68.0 Å². The van der Waals surface area contributed by atoms with Gasteiger partial charge in [0.1, 0.15) is 4.60 Å². The number of amides is 1. The van der Waals surface area contributed by atoms with E-state index in [1.807, 2.05) is 19.2 Å². The molecule has 0 bridgehead atoms. The third-order valence-electron chi connectivity index (χ3n) is 2.28. The molecule has 1 aromatic heterocycles. The molecule has 17 heavy (non-hydrogen) atoms. The van der Waals surface area contributed by atoms with Gasteiger partial charge in [0, 0.05) is 0 Å². The molecule has 1 atom stereocenters. The standard InChI is InChI=1S/C11H16BrN3OS/c1-7-9(3-4-10(12)14-7)15-11(16)8(13)5-6-17-2/h3-4,8H,5-6,13H2,1-2H3,(H,15,16)/t8-/m1/s1. The van der Waals surface area contributed by atoms with Crippen LogP contribution in [0, 0.1) is 6.92 Å². The lowest BCUT2D eigenvalue weighted by Crippen LogP contribution is -2.36. The van der Waals surface area contributed by atoms with Gasteiger partial charge in [-0.2, -0.15) is 11.8 Å². The van der Waals surface area contributed by atoms with Gasteiger partial charge in [-0.05, 0) is 53.4 Å². The molecule has 0 aromatic carbocycles. The highest BCUT2D eigenvalue weighted by Crippen LogP contribution is 2.16. The number of nitrogens with two attached hydrogens (primary N) is 1. The zero-order valence-electron chi connectivity index (χ0n) is 9.87. The van der Waals surface area contributed by atoms with E-state index in [2.05, 4.69) is 26.2 Å². The second-order valence-corrected chi connectivity index (χ2v) is 5.44. The van der Waals surface area contributed by atoms with Crippen molar-refractivity contribution in [2.24, 2.45) is 5.73 Å². The van der Waals surface area contributed by atoms with Crippen molar-refractivity contribution in [1.82, 2.24) is 4.98 Å². The zero-order chi connectivity index (χ0) is 12.8. The van der Waals surface area contributed by atoms with E-state index in [9.17, 15) is 4.79 Å². The van der Waals surface area contributed by atoms with Crippen LogP contribution in [0.5, 0.6) is 0 Å². The van der Waals surface area contributed by atoms with E-state index in [1.165, 1.54) is 0 Å². The first kappa shape index (κ1) is 14.5. The molecule has 1 aromatic rings. The quantitative estimate of drug-likeness (QED) is 0.817. The summed E-state index contributed by atoms with van der Waals surface area (Å²) in [4.78, 5) is 16.0. The van der Waals surface area contributed by atoms with Crippen LogP contribution in [-0.2, 0) is 4.79 Å². The molecule has 1 heterocycles. The molecule has 0 radical (unpaired) electrons. The van der Waals surface area contributed by atoms with Crippen molar-refractivity contribution in [2.75, 3.05) is 17.3 Å². The molecule has 0 aliphatic carbocycles. The molecule has 0 saturated heterocycles. The van der Waals surface area contributed by atoms with Crippen LogP contribution in [0.1, 0.15) is 12.1 Å². The zero-order valence-corrected chi connectivity index (χ0v) is 12.3.